The summed E-state index contributed by atoms with van der Waals surface area (Å²) >= 11 is 0. The maximum absolute atomic E-state index is 11.6. The Kier molecular flexibility index (Phi) is 4.92. The molecule has 1 aromatic carbocycles. The summed E-state index contributed by atoms with van der Waals surface area (Å²) in [6.45, 7) is 1.47. The van der Waals surface area contributed by atoms with Crippen LogP contribution in [0.5, 0.6) is 0 Å². The fourth-order valence-corrected chi connectivity index (χ4v) is 1.67. The molecule has 0 aliphatic rings. The number of aromatic nitrogens is 3. The number of aromatic amines is 2. The van der Waals surface area contributed by atoms with E-state index < -0.39 is 17.2 Å². The monoisotopic (exact) mass is 315 g/mol. The van der Waals surface area contributed by atoms with Crippen LogP contribution in [-0.4, -0.2) is 33.1 Å². The van der Waals surface area contributed by atoms with Crippen molar-refractivity contribution in [1.82, 2.24) is 20.6 Å². The third-order valence-corrected chi connectivity index (χ3v) is 2.83. The van der Waals surface area contributed by atoms with E-state index in [1.165, 1.54) is 13.1 Å². The van der Waals surface area contributed by atoms with E-state index in [0.717, 1.165) is 0 Å². The third-order valence-electron chi connectivity index (χ3n) is 2.83. The van der Waals surface area contributed by atoms with Gasteiger partial charge in [-0.3, -0.25) is 19.4 Å². The molecule has 0 fully saturated rings. The van der Waals surface area contributed by atoms with E-state index >= 15 is 0 Å². The van der Waals surface area contributed by atoms with Gasteiger partial charge >= 0.3 is 5.69 Å². The SMILES string of the molecule is CC(=O)c1ccc(/C=N/NC(=O)Cc2n[nH]c(=O)[nH]c2=O)cc1. The van der Waals surface area contributed by atoms with Crippen molar-refractivity contribution in [2.75, 3.05) is 0 Å². The number of carbonyl (C=O) groups is 2. The van der Waals surface area contributed by atoms with E-state index in [2.05, 4.69) is 15.6 Å². The normalized spacial score (nSPS) is 10.7. The molecule has 1 amide bonds. The number of Topliss-reactive ketones (excluding diaryl/α,β-unsaturated/α-hetero) is 1. The summed E-state index contributed by atoms with van der Waals surface area (Å²) in [7, 11) is 0. The number of benzene rings is 1. The minimum absolute atomic E-state index is 0.0413. The second kappa shape index (κ2) is 7.07. The molecule has 0 bridgehead atoms. The lowest BCUT2D eigenvalue weighted by molar-refractivity contribution is -0.120. The molecule has 2 aromatic rings. The molecular weight excluding hydrogens is 302 g/mol. The lowest BCUT2D eigenvalue weighted by Gasteiger charge is -1.99. The molecule has 2 rings (SSSR count). The van der Waals surface area contributed by atoms with E-state index in [-0.39, 0.29) is 17.9 Å². The number of nitrogens with zero attached hydrogens (tertiary/aromatic N) is 2. The summed E-state index contributed by atoms with van der Waals surface area (Å²) in [5.74, 6) is -0.605. The summed E-state index contributed by atoms with van der Waals surface area (Å²) in [5, 5.41) is 9.26. The van der Waals surface area contributed by atoms with Gasteiger partial charge in [-0.2, -0.15) is 10.2 Å². The van der Waals surface area contributed by atoms with Crippen molar-refractivity contribution in [3.63, 3.8) is 0 Å². The van der Waals surface area contributed by atoms with Crippen LogP contribution in [-0.2, 0) is 11.2 Å². The van der Waals surface area contributed by atoms with Gasteiger partial charge in [-0.25, -0.2) is 15.3 Å². The maximum atomic E-state index is 11.6. The van der Waals surface area contributed by atoms with Gasteiger partial charge in [-0.15, -0.1) is 0 Å². The number of hydrogen-bond donors (Lipinski definition) is 3. The summed E-state index contributed by atoms with van der Waals surface area (Å²) in [5.41, 5.74) is 1.91. The fraction of sp³-hybridized carbons (Fsp3) is 0.143. The predicted molar refractivity (Wildman–Crippen MR) is 81.4 cm³/mol. The van der Waals surface area contributed by atoms with Crippen molar-refractivity contribution in [2.45, 2.75) is 13.3 Å². The highest BCUT2D eigenvalue weighted by Gasteiger charge is 2.08. The first-order valence-corrected chi connectivity index (χ1v) is 6.56. The lowest BCUT2D eigenvalue weighted by Crippen LogP contribution is -2.31. The Morgan fingerprint density at radius 1 is 1.26 bits per heavy atom. The largest absolute Gasteiger partial charge is 0.342 e. The zero-order valence-corrected chi connectivity index (χ0v) is 12.1. The molecule has 9 nitrogen and oxygen atoms in total. The van der Waals surface area contributed by atoms with Crippen molar-refractivity contribution in [3.8, 4) is 0 Å². The van der Waals surface area contributed by atoms with E-state index in [0.29, 0.717) is 11.1 Å². The number of hydrazone groups is 1. The number of nitrogens with one attached hydrogen (secondary N) is 3. The van der Waals surface area contributed by atoms with Gasteiger partial charge in [0.25, 0.3) is 5.56 Å². The van der Waals surface area contributed by atoms with Gasteiger partial charge in [0.05, 0.1) is 12.6 Å². The summed E-state index contributed by atoms with van der Waals surface area (Å²) < 4.78 is 0. The lowest BCUT2D eigenvalue weighted by atomic mass is 10.1. The van der Waals surface area contributed by atoms with E-state index in [1.54, 1.807) is 24.3 Å². The molecule has 23 heavy (non-hydrogen) atoms. The average Bonchev–Trinajstić information content (AvgIpc) is 2.50. The van der Waals surface area contributed by atoms with Gasteiger partial charge in [0, 0.05) is 5.56 Å². The molecule has 0 atom stereocenters. The van der Waals surface area contributed by atoms with Gasteiger partial charge in [0.15, 0.2) is 5.78 Å². The molecule has 0 aliphatic carbocycles. The standard InChI is InChI=1S/C14H13N5O4/c1-8(20)10-4-2-9(3-5-10)7-15-18-12(21)6-11-13(22)16-14(23)19-17-11/h2-5,7H,6H2,1H3,(H,18,21)(H2,16,19,22,23)/b15-7+. The minimum atomic E-state index is -0.744. The predicted octanol–water partition coefficient (Wildman–Crippen LogP) is -0.646. The van der Waals surface area contributed by atoms with Crippen LogP contribution in [0.1, 0.15) is 28.5 Å². The summed E-state index contributed by atoms with van der Waals surface area (Å²) in [6.07, 6.45) is 1.07. The zero-order valence-electron chi connectivity index (χ0n) is 12.1. The second-order valence-corrected chi connectivity index (χ2v) is 4.60. The first-order valence-electron chi connectivity index (χ1n) is 6.56. The molecule has 0 aliphatic heterocycles. The summed E-state index contributed by atoms with van der Waals surface area (Å²) in [4.78, 5) is 46.9. The highest BCUT2D eigenvalue weighted by Crippen LogP contribution is 2.02. The number of hydrogen-bond acceptors (Lipinski definition) is 6. The molecule has 9 heteroatoms. The van der Waals surface area contributed by atoms with Crippen molar-refractivity contribution >= 4 is 17.9 Å². The van der Waals surface area contributed by atoms with Gasteiger partial charge in [0.2, 0.25) is 5.91 Å². The van der Waals surface area contributed by atoms with E-state index in [1.807, 2.05) is 10.1 Å². The molecule has 0 radical (unpaired) electrons. The number of H-pyrrole nitrogens is 2. The molecule has 0 saturated heterocycles. The highest BCUT2D eigenvalue weighted by atomic mass is 16.2. The van der Waals surface area contributed by atoms with Gasteiger partial charge in [-0.1, -0.05) is 24.3 Å². The van der Waals surface area contributed by atoms with Crippen LogP contribution < -0.4 is 16.7 Å². The Morgan fingerprint density at radius 3 is 2.57 bits per heavy atom. The van der Waals surface area contributed by atoms with E-state index in [9.17, 15) is 19.2 Å². The second-order valence-electron chi connectivity index (χ2n) is 4.60. The van der Waals surface area contributed by atoms with Crippen LogP contribution in [0, 0.1) is 0 Å². The first-order chi connectivity index (χ1) is 11.0. The van der Waals surface area contributed by atoms with Crippen molar-refractivity contribution in [1.29, 1.82) is 0 Å². The smallest absolute Gasteiger partial charge is 0.295 e. The van der Waals surface area contributed by atoms with Crippen LogP contribution in [0.25, 0.3) is 0 Å². The topological polar surface area (TPSA) is 137 Å². The van der Waals surface area contributed by atoms with Crippen LogP contribution >= 0.6 is 0 Å². The number of amides is 1. The van der Waals surface area contributed by atoms with E-state index in [4.69, 9.17) is 0 Å². The molecule has 0 spiro atoms. The quantitative estimate of drug-likeness (QED) is 0.382. The molecule has 0 saturated carbocycles. The van der Waals surface area contributed by atoms with Crippen molar-refractivity contribution in [3.05, 3.63) is 61.9 Å². The number of carbonyl (C=O) groups excluding carboxylic acids is 2. The van der Waals surface area contributed by atoms with Crippen LogP contribution in [0.15, 0.2) is 39.0 Å². The molecule has 1 heterocycles. The minimum Gasteiger partial charge on any atom is -0.295 e. The van der Waals surface area contributed by atoms with Gasteiger partial charge < -0.3 is 0 Å². The first kappa shape index (κ1) is 16.0. The van der Waals surface area contributed by atoms with Crippen LogP contribution in [0.3, 0.4) is 0 Å². The molecular formula is C14H13N5O4. The number of ketones is 1. The fourth-order valence-electron chi connectivity index (χ4n) is 1.67. The van der Waals surface area contributed by atoms with Crippen LogP contribution in [0.4, 0.5) is 0 Å². The molecule has 118 valence electrons. The van der Waals surface area contributed by atoms with Crippen LogP contribution in [0.2, 0.25) is 0 Å². The Hall–Kier alpha value is -3.36. The Balaban J connectivity index is 1.94. The Labute approximate surface area is 129 Å². The maximum Gasteiger partial charge on any atom is 0.342 e. The van der Waals surface area contributed by atoms with Gasteiger partial charge in [0.1, 0.15) is 5.69 Å². The average molecular weight is 315 g/mol. The third kappa shape index (κ3) is 4.56. The molecule has 0 unspecified atom stereocenters. The van der Waals surface area contributed by atoms with Crippen molar-refractivity contribution < 1.29 is 9.59 Å². The zero-order chi connectivity index (χ0) is 16.8. The Morgan fingerprint density at radius 2 is 1.96 bits per heavy atom. The molecule has 3 N–H and O–H groups in total. The number of rotatable bonds is 5. The van der Waals surface area contributed by atoms with Crippen molar-refractivity contribution in [2.24, 2.45) is 5.10 Å². The highest BCUT2D eigenvalue weighted by molar-refractivity contribution is 5.94. The summed E-state index contributed by atoms with van der Waals surface area (Å²) in [6, 6.07) is 6.66. The van der Waals surface area contributed by atoms with Gasteiger partial charge in [-0.05, 0) is 12.5 Å². The molecule has 1 aromatic heterocycles. The Bertz CT molecular complexity index is 864.